The first kappa shape index (κ1) is 14.4. The molecule has 0 heterocycles. The summed E-state index contributed by atoms with van der Waals surface area (Å²) in [6, 6.07) is 11.7. The summed E-state index contributed by atoms with van der Waals surface area (Å²) < 4.78 is 0.772. The van der Waals surface area contributed by atoms with Gasteiger partial charge in [-0.25, -0.2) is 4.79 Å². The van der Waals surface area contributed by atoms with Crippen molar-refractivity contribution in [3.8, 4) is 6.07 Å². The summed E-state index contributed by atoms with van der Waals surface area (Å²) in [5.74, 6) is -1.09. The van der Waals surface area contributed by atoms with Gasteiger partial charge in [0.25, 0.3) is 0 Å². The van der Waals surface area contributed by atoms with E-state index in [-0.39, 0.29) is 5.56 Å². The molecule has 0 atom stereocenters. The highest BCUT2D eigenvalue weighted by Gasteiger charge is 2.12. The summed E-state index contributed by atoms with van der Waals surface area (Å²) in [4.78, 5) is 11.2. The maximum absolute atomic E-state index is 11.2. The molecule has 100 valence electrons. The van der Waals surface area contributed by atoms with E-state index in [2.05, 4.69) is 27.3 Å². The number of halogens is 2. The van der Waals surface area contributed by atoms with E-state index < -0.39 is 5.97 Å². The van der Waals surface area contributed by atoms with Gasteiger partial charge in [0.1, 0.15) is 6.07 Å². The van der Waals surface area contributed by atoms with E-state index in [1.165, 1.54) is 6.07 Å². The minimum absolute atomic E-state index is 0.0457. The van der Waals surface area contributed by atoms with Crippen molar-refractivity contribution in [1.82, 2.24) is 0 Å². The Morgan fingerprint density at radius 3 is 2.60 bits per heavy atom. The zero-order valence-corrected chi connectivity index (χ0v) is 12.4. The number of aromatic carboxylic acids is 1. The van der Waals surface area contributed by atoms with E-state index in [0.29, 0.717) is 22.0 Å². The Kier molecular flexibility index (Phi) is 4.28. The molecule has 0 spiro atoms. The zero-order chi connectivity index (χ0) is 14.7. The van der Waals surface area contributed by atoms with Crippen LogP contribution in [0.25, 0.3) is 0 Å². The quantitative estimate of drug-likeness (QED) is 0.858. The third-order valence-electron chi connectivity index (χ3n) is 2.58. The minimum atomic E-state index is -1.09. The van der Waals surface area contributed by atoms with E-state index in [1.807, 2.05) is 0 Å². The van der Waals surface area contributed by atoms with Crippen LogP contribution in [0.4, 0.5) is 11.4 Å². The van der Waals surface area contributed by atoms with Gasteiger partial charge in [0.2, 0.25) is 0 Å². The third kappa shape index (κ3) is 3.10. The molecule has 4 nitrogen and oxygen atoms in total. The van der Waals surface area contributed by atoms with Crippen LogP contribution in [0, 0.1) is 11.3 Å². The normalized spacial score (nSPS) is 9.85. The zero-order valence-electron chi connectivity index (χ0n) is 10.0. The number of benzene rings is 2. The summed E-state index contributed by atoms with van der Waals surface area (Å²) in [5, 5.41) is 21.5. The fourth-order valence-corrected chi connectivity index (χ4v) is 2.20. The Bertz CT molecular complexity index is 726. The maximum Gasteiger partial charge on any atom is 0.337 e. The largest absolute Gasteiger partial charge is 0.478 e. The maximum atomic E-state index is 11.2. The Labute approximate surface area is 128 Å². The minimum Gasteiger partial charge on any atom is -0.478 e. The van der Waals surface area contributed by atoms with Gasteiger partial charge in [-0.1, -0.05) is 27.5 Å². The van der Waals surface area contributed by atoms with Crippen molar-refractivity contribution in [2.45, 2.75) is 0 Å². The molecular formula is C14H8BrClN2O2. The van der Waals surface area contributed by atoms with Crippen molar-refractivity contribution in [2.24, 2.45) is 0 Å². The second-order valence-corrected chi connectivity index (χ2v) is 5.27. The van der Waals surface area contributed by atoms with Crippen LogP contribution in [-0.2, 0) is 0 Å². The lowest BCUT2D eigenvalue weighted by atomic mass is 10.1. The molecule has 0 aromatic heterocycles. The Balaban J connectivity index is 2.45. The first-order chi connectivity index (χ1) is 9.51. The summed E-state index contributed by atoms with van der Waals surface area (Å²) in [6.07, 6.45) is 0. The molecule has 0 unspecified atom stereocenters. The lowest BCUT2D eigenvalue weighted by molar-refractivity contribution is 0.0698. The average molecular weight is 352 g/mol. The number of nitrogens with one attached hydrogen (secondary N) is 1. The molecule has 6 heteroatoms. The first-order valence-electron chi connectivity index (χ1n) is 5.51. The number of hydrogen-bond donors (Lipinski definition) is 2. The molecule has 2 N–H and O–H groups in total. The van der Waals surface area contributed by atoms with Crippen LogP contribution < -0.4 is 5.32 Å². The standard InChI is InChI=1S/C14H8BrClN2O2/c15-9-1-3-12(8(5-9)7-17)18-13-4-2-10(16)6-11(13)14(19)20/h1-6,18H,(H,19,20). The van der Waals surface area contributed by atoms with Crippen molar-refractivity contribution in [3.05, 3.63) is 57.0 Å². The molecular weight excluding hydrogens is 344 g/mol. The number of carboxylic acid groups (broad SMARTS) is 1. The second kappa shape index (κ2) is 5.95. The topological polar surface area (TPSA) is 73.1 Å². The van der Waals surface area contributed by atoms with Crippen molar-refractivity contribution >= 4 is 44.9 Å². The summed E-state index contributed by atoms with van der Waals surface area (Å²) >= 11 is 9.07. The highest BCUT2D eigenvalue weighted by atomic mass is 79.9. The van der Waals surface area contributed by atoms with Gasteiger partial charge in [-0.2, -0.15) is 5.26 Å². The van der Waals surface area contributed by atoms with Crippen molar-refractivity contribution < 1.29 is 9.90 Å². The molecule has 0 fully saturated rings. The molecule has 0 radical (unpaired) electrons. The Morgan fingerprint density at radius 1 is 1.25 bits per heavy atom. The molecule has 2 aromatic carbocycles. The second-order valence-electron chi connectivity index (χ2n) is 3.92. The molecule has 0 amide bonds. The fraction of sp³-hybridized carbons (Fsp3) is 0. The van der Waals surface area contributed by atoms with E-state index in [9.17, 15) is 4.79 Å². The SMILES string of the molecule is N#Cc1cc(Br)ccc1Nc1ccc(Cl)cc1C(=O)O. The Hall–Kier alpha value is -2.03. The monoisotopic (exact) mass is 350 g/mol. The lowest BCUT2D eigenvalue weighted by Gasteiger charge is -2.11. The number of nitrogens with zero attached hydrogens (tertiary/aromatic N) is 1. The Morgan fingerprint density at radius 2 is 1.95 bits per heavy atom. The van der Waals surface area contributed by atoms with E-state index in [4.69, 9.17) is 22.0 Å². The molecule has 0 bridgehead atoms. The predicted molar refractivity (Wildman–Crippen MR) is 80.6 cm³/mol. The van der Waals surface area contributed by atoms with E-state index >= 15 is 0 Å². The van der Waals surface area contributed by atoms with E-state index in [0.717, 1.165) is 4.47 Å². The number of anilines is 2. The van der Waals surface area contributed by atoms with Crippen LogP contribution in [0.15, 0.2) is 40.9 Å². The van der Waals surface area contributed by atoms with Crippen LogP contribution in [0.1, 0.15) is 15.9 Å². The van der Waals surface area contributed by atoms with Gasteiger partial charge in [0.15, 0.2) is 0 Å². The molecule has 2 rings (SSSR count). The smallest absolute Gasteiger partial charge is 0.337 e. The molecule has 0 aliphatic heterocycles. The molecule has 0 saturated carbocycles. The van der Waals surface area contributed by atoms with Gasteiger partial charge in [-0.05, 0) is 36.4 Å². The third-order valence-corrected chi connectivity index (χ3v) is 3.31. The molecule has 2 aromatic rings. The van der Waals surface area contributed by atoms with Gasteiger partial charge in [0, 0.05) is 9.50 Å². The van der Waals surface area contributed by atoms with Gasteiger partial charge >= 0.3 is 5.97 Å². The highest BCUT2D eigenvalue weighted by Crippen LogP contribution is 2.27. The van der Waals surface area contributed by atoms with Crippen molar-refractivity contribution in [3.63, 3.8) is 0 Å². The van der Waals surface area contributed by atoms with Crippen LogP contribution in [0.5, 0.6) is 0 Å². The van der Waals surface area contributed by atoms with Gasteiger partial charge < -0.3 is 10.4 Å². The van der Waals surface area contributed by atoms with Gasteiger partial charge in [0.05, 0.1) is 22.5 Å². The molecule has 0 saturated heterocycles. The van der Waals surface area contributed by atoms with Crippen LogP contribution in [0.2, 0.25) is 5.02 Å². The number of rotatable bonds is 3. The number of hydrogen-bond acceptors (Lipinski definition) is 3. The molecule has 0 aliphatic rings. The summed E-state index contributed by atoms with van der Waals surface area (Å²) in [7, 11) is 0. The first-order valence-corrected chi connectivity index (χ1v) is 6.68. The van der Waals surface area contributed by atoms with E-state index in [1.54, 1.807) is 30.3 Å². The van der Waals surface area contributed by atoms with Crippen LogP contribution in [0.3, 0.4) is 0 Å². The van der Waals surface area contributed by atoms with Crippen molar-refractivity contribution in [2.75, 3.05) is 5.32 Å². The summed E-state index contributed by atoms with van der Waals surface area (Å²) in [6.45, 7) is 0. The average Bonchev–Trinajstić information content (AvgIpc) is 2.42. The number of nitriles is 1. The van der Waals surface area contributed by atoms with Crippen LogP contribution >= 0.6 is 27.5 Å². The van der Waals surface area contributed by atoms with Gasteiger partial charge in [-0.3, -0.25) is 0 Å². The van der Waals surface area contributed by atoms with Crippen molar-refractivity contribution in [1.29, 1.82) is 5.26 Å². The fourth-order valence-electron chi connectivity index (χ4n) is 1.67. The van der Waals surface area contributed by atoms with Gasteiger partial charge in [-0.15, -0.1) is 0 Å². The number of carboxylic acids is 1. The molecule has 0 aliphatic carbocycles. The molecule has 20 heavy (non-hydrogen) atoms. The summed E-state index contributed by atoms with van der Waals surface area (Å²) in [5.41, 5.74) is 1.36. The van der Waals surface area contributed by atoms with Crippen LogP contribution in [-0.4, -0.2) is 11.1 Å². The highest BCUT2D eigenvalue weighted by molar-refractivity contribution is 9.10. The number of carbonyl (C=O) groups is 1. The predicted octanol–water partition coefficient (Wildman–Crippen LogP) is 4.42. The lowest BCUT2D eigenvalue weighted by Crippen LogP contribution is -2.03.